The van der Waals surface area contributed by atoms with Crippen molar-refractivity contribution < 1.29 is 5.11 Å². The van der Waals surface area contributed by atoms with Crippen LogP contribution in [0.25, 0.3) is 0 Å². The van der Waals surface area contributed by atoms with Gasteiger partial charge in [0.1, 0.15) is 0 Å². The molecule has 3 rings (SSSR count). The van der Waals surface area contributed by atoms with Crippen molar-refractivity contribution in [2.75, 3.05) is 13.1 Å². The summed E-state index contributed by atoms with van der Waals surface area (Å²) >= 11 is 0. The number of likely N-dealkylation sites (tertiary alicyclic amines) is 1. The van der Waals surface area contributed by atoms with Crippen LogP contribution in [0.15, 0.2) is 30.3 Å². The molecule has 1 N–H and O–H groups in total. The molecule has 6 heteroatoms. The number of piperidine rings is 1. The molecule has 1 unspecified atom stereocenters. The fraction of sp³-hybridized carbons (Fsp3) is 0.500. The monoisotopic (exact) mass is 273 g/mol. The Kier molecular flexibility index (Phi) is 4.03. The molecule has 1 fully saturated rings. The summed E-state index contributed by atoms with van der Waals surface area (Å²) in [4.78, 5) is 2.21. The molecular weight excluding hydrogens is 254 g/mol. The van der Waals surface area contributed by atoms with Gasteiger partial charge < -0.3 is 5.11 Å². The third-order valence-corrected chi connectivity index (χ3v) is 3.63. The largest absolute Gasteiger partial charge is 0.392 e. The van der Waals surface area contributed by atoms with Gasteiger partial charge in [0, 0.05) is 6.54 Å². The van der Waals surface area contributed by atoms with E-state index >= 15 is 0 Å². The molecule has 1 aromatic heterocycles. The first kappa shape index (κ1) is 13.2. The normalized spacial score (nSPS) is 20.1. The molecule has 0 amide bonds. The fourth-order valence-electron chi connectivity index (χ4n) is 2.59. The Morgan fingerprint density at radius 2 is 2.05 bits per heavy atom. The van der Waals surface area contributed by atoms with Crippen LogP contribution in [-0.2, 0) is 13.1 Å². The maximum Gasteiger partial charge on any atom is 0.165 e. The molecule has 106 valence electrons. The first-order valence-electron chi connectivity index (χ1n) is 7.00. The van der Waals surface area contributed by atoms with E-state index in [4.69, 9.17) is 0 Å². The number of nitrogens with zero attached hydrogens (tertiary/aromatic N) is 5. The number of hydrogen-bond donors (Lipinski definition) is 1. The SMILES string of the molecule is OC1CCCN(Cc2nnnn2Cc2ccccc2)C1. The average Bonchev–Trinajstić information content (AvgIpc) is 2.87. The average molecular weight is 273 g/mol. The summed E-state index contributed by atoms with van der Waals surface area (Å²) in [6, 6.07) is 10.2. The maximum absolute atomic E-state index is 9.71. The Balaban J connectivity index is 1.67. The van der Waals surface area contributed by atoms with Crippen molar-refractivity contribution in [3.05, 3.63) is 41.7 Å². The molecule has 0 radical (unpaired) electrons. The zero-order chi connectivity index (χ0) is 13.8. The van der Waals surface area contributed by atoms with Gasteiger partial charge in [-0.15, -0.1) is 5.10 Å². The van der Waals surface area contributed by atoms with Crippen molar-refractivity contribution in [2.45, 2.75) is 32.0 Å². The van der Waals surface area contributed by atoms with E-state index in [0.717, 1.165) is 25.2 Å². The summed E-state index contributed by atoms with van der Waals surface area (Å²) in [6.07, 6.45) is 1.70. The molecule has 0 spiro atoms. The minimum atomic E-state index is -0.220. The van der Waals surface area contributed by atoms with E-state index in [9.17, 15) is 5.11 Å². The summed E-state index contributed by atoms with van der Waals surface area (Å²) in [6.45, 7) is 3.07. The third kappa shape index (κ3) is 3.20. The third-order valence-electron chi connectivity index (χ3n) is 3.63. The lowest BCUT2D eigenvalue weighted by molar-refractivity contribution is 0.0648. The smallest absolute Gasteiger partial charge is 0.165 e. The van der Waals surface area contributed by atoms with Crippen molar-refractivity contribution in [1.82, 2.24) is 25.1 Å². The Morgan fingerprint density at radius 3 is 2.85 bits per heavy atom. The van der Waals surface area contributed by atoms with Crippen LogP contribution in [0.1, 0.15) is 24.2 Å². The molecular formula is C14H19N5O. The van der Waals surface area contributed by atoms with E-state index in [1.54, 1.807) is 0 Å². The Morgan fingerprint density at radius 1 is 1.20 bits per heavy atom. The van der Waals surface area contributed by atoms with E-state index in [1.165, 1.54) is 5.56 Å². The number of tetrazole rings is 1. The summed E-state index contributed by atoms with van der Waals surface area (Å²) < 4.78 is 1.83. The van der Waals surface area contributed by atoms with Gasteiger partial charge >= 0.3 is 0 Å². The van der Waals surface area contributed by atoms with Crippen LogP contribution in [-0.4, -0.2) is 49.4 Å². The molecule has 6 nitrogen and oxygen atoms in total. The molecule has 0 aliphatic carbocycles. The quantitative estimate of drug-likeness (QED) is 0.887. The standard InChI is InChI=1S/C14H19N5O/c20-13-7-4-8-18(10-13)11-14-15-16-17-19(14)9-12-5-2-1-3-6-12/h1-3,5-6,13,20H,4,7-11H2. The van der Waals surface area contributed by atoms with Crippen LogP contribution in [0.5, 0.6) is 0 Å². The van der Waals surface area contributed by atoms with Crippen LogP contribution >= 0.6 is 0 Å². The van der Waals surface area contributed by atoms with Crippen molar-refractivity contribution in [2.24, 2.45) is 0 Å². The van der Waals surface area contributed by atoms with E-state index in [0.29, 0.717) is 19.6 Å². The molecule has 1 aliphatic heterocycles. The molecule has 20 heavy (non-hydrogen) atoms. The van der Waals surface area contributed by atoms with E-state index in [1.807, 2.05) is 22.9 Å². The van der Waals surface area contributed by atoms with Gasteiger partial charge in [-0.05, 0) is 35.4 Å². The number of β-amino-alcohol motifs (C(OH)–C–C–N with tert-alkyl or cyclic N) is 1. The van der Waals surface area contributed by atoms with Gasteiger partial charge in [0.15, 0.2) is 5.82 Å². The second kappa shape index (κ2) is 6.11. The molecule has 0 bridgehead atoms. The number of aliphatic hydroxyl groups excluding tert-OH is 1. The van der Waals surface area contributed by atoms with E-state index < -0.39 is 0 Å². The van der Waals surface area contributed by atoms with Gasteiger partial charge in [-0.25, -0.2) is 4.68 Å². The first-order valence-corrected chi connectivity index (χ1v) is 7.00. The lowest BCUT2D eigenvalue weighted by Crippen LogP contribution is -2.38. The number of aromatic nitrogens is 4. The second-order valence-electron chi connectivity index (χ2n) is 5.27. The molecule has 1 aliphatic rings. The molecule has 2 aromatic rings. The zero-order valence-corrected chi connectivity index (χ0v) is 11.4. The van der Waals surface area contributed by atoms with Gasteiger partial charge in [-0.2, -0.15) is 0 Å². The van der Waals surface area contributed by atoms with Crippen molar-refractivity contribution in [3.63, 3.8) is 0 Å². The predicted molar refractivity (Wildman–Crippen MR) is 73.9 cm³/mol. The predicted octanol–water partition coefficient (Wildman–Crippen LogP) is 0.678. The summed E-state index contributed by atoms with van der Waals surface area (Å²) in [7, 11) is 0. The second-order valence-corrected chi connectivity index (χ2v) is 5.27. The van der Waals surface area contributed by atoms with Crippen LogP contribution in [0.3, 0.4) is 0 Å². The number of aliphatic hydroxyl groups is 1. The van der Waals surface area contributed by atoms with Gasteiger partial charge in [0.2, 0.25) is 0 Å². The highest BCUT2D eigenvalue weighted by Gasteiger charge is 2.19. The zero-order valence-electron chi connectivity index (χ0n) is 11.4. The van der Waals surface area contributed by atoms with Crippen molar-refractivity contribution >= 4 is 0 Å². The molecule has 1 saturated heterocycles. The highest BCUT2D eigenvalue weighted by Crippen LogP contribution is 2.12. The number of rotatable bonds is 4. The van der Waals surface area contributed by atoms with Crippen LogP contribution < -0.4 is 0 Å². The van der Waals surface area contributed by atoms with Crippen LogP contribution in [0.4, 0.5) is 0 Å². The molecule has 1 aromatic carbocycles. The minimum absolute atomic E-state index is 0.220. The van der Waals surface area contributed by atoms with E-state index in [2.05, 4.69) is 32.6 Å². The number of benzene rings is 1. The first-order chi connectivity index (χ1) is 9.81. The lowest BCUT2D eigenvalue weighted by atomic mass is 10.1. The fourth-order valence-corrected chi connectivity index (χ4v) is 2.59. The lowest BCUT2D eigenvalue weighted by Gasteiger charge is -2.29. The number of hydrogen-bond acceptors (Lipinski definition) is 5. The molecule has 1 atom stereocenters. The minimum Gasteiger partial charge on any atom is -0.392 e. The van der Waals surface area contributed by atoms with Crippen LogP contribution in [0, 0.1) is 0 Å². The Bertz CT molecular complexity index is 542. The van der Waals surface area contributed by atoms with Gasteiger partial charge in [0.25, 0.3) is 0 Å². The van der Waals surface area contributed by atoms with E-state index in [-0.39, 0.29) is 6.10 Å². The Labute approximate surface area is 118 Å². The topological polar surface area (TPSA) is 67.1 Å². The van der Waals surface area contributed by atoms with Crippen LogP contribution in [0.2, 0.25) is 0 Å². The van der Waals surface area contributed by atoms with Gasteiger partial charge in [-0.1, -0.05) is 30.3 Å². The van der Waals surface area contributed by atoms with Gasteiger partial charge in [-0.3, -0.25) is 4.90 Å². The summed E-state index contributed by atoms with van der Waals surface area (Å²) in [5, 5.41) is 21.7. The van der Waals surface area contributed by atoms with Crippen molar-refractivity contribution in [3.8, 4) is 0 Å². The maximum atomic E-state index is 9.71. The molecule has 0 saturated carbocycles. The Hall–Kier alpha value is -1.79. The summed E-state index contributed by atoms with van der Waals surface area (Å²) in [5.41, 5.74) is 1.18. The molecule has 2 heterocycles. The summed E-state index contributed by atoms with van der Waals surface area (Å²) in [5.74, 6) is 0.850. The van der Waals surface area contributed by atoms with Gasteiger partial charge in [0.05, 0.1) is 19.2 Å². The van der Waals surface area contributed by atoms with Crippen molar-refractivity contribution in [1.29, 1.82) is 0 Å². The highest BCUT2D eigenvalue weighted by molar-refractivity contribution is 5.14. The highest BCUT2D eigenvalue weighted by atomic mass is 16.3.